The van der Waals surface area contributed by atoms with E-state index in [0.29, 0.717) is 23.6 Å². The van der Waals surface area contributed by atoms with E-state index in [1.165, 1.54) is 16.4 Å². The maximum Gasteiger partial charge on any atom is 0.243 e. The lowest BCUT2D eigenvalue weighted by Crippen LogP contribution is -2.41. The van der Waals surface area contributed by atoms with Gasteiger partial charge >= 0.3 is 0 Å². The summed E-state index contributed by atoms with van der Waals surface area (Å²) in [6.45, 7) is 2.38. The Morgan fingerprint density at radius 1 is 1.15 bits per heavy atom. The number of phenolic OH excluding ortho intramolecular Hbond substituents is 1. The lowest BCUT2D eigenvalue weighted by molar-refractivity contribution is -0.120. The van der Waals surface area contributed by atoms with Crippen LogP contribution in [0.2, 0.25) is 5.02 Å². The first-order valence-electron chi connectivity index (χ1n) is 8.63. The monoisotopic (exact) mass is 408 g/mol. The van der Waals surface area contributed by atoms with Gasteiger partial charge in [0.25, 0.3) is 0 Å². The molecule has 0 radical (unpaired) electrons. The fourth-order valence-corrected chi connectivity index (χ4v) is 4.69. The van der Waals surface area contributed by atoms with E-state index < -0.39 is 10.0 Å². The summed E-state index contributed by atoms with van der Waals surface area (Å²) in [5.41, 5.74) is 1.26. The van der Waals surface area contributed by atoms with Gasteiger partial charge in [0, 0.05) is 24.0 Å². The number of hydrogen-bond donors (Lipinski definition) is 2. The van der Waals surface area contributed by atoms with Gasteiger partial charge in [-0.15, -0.1) is 0 Å². The van der Waals surface area contributed by atoms with Gasteiger partial charge in [0.1, 0.15) is 5.75 Å². The molecule has 1 saturated heterocycles. The molecule has 1 aliphatic rings. The molecular formula is C19H21ClN2O4S. The first-order chi connectivity index (χ1) is 12.8. The highest BCUT2D eigenvalue weighted by Gasteiger charge is 2.32. The Balaban J connectivity index is 1.62. The van der Waals surface area contributed by atoms with Crippen LogP contribution >= 0.6 is 11.6 Å². The second kappa shape index (κ2) is 7.88. The molecule has 144 valence electrons. The number of anilines is 1. The largest absolute Gasteiger partial charge is 0.506 e. The molecule has 6 nitrogen and oxygen atoms in total. The van der Waals surface area contributed by atoms with Crippen molar-refractivity contribution in [3.05, 3.63) is 53.1 Å². The minimum absolute atomic E-state index is 0.0195. The fraction of sp³-hybridized carbons (Fsp3) is 0.316. The standard InChI is InChI=1S/C19H21ClN2O4S/c1-13-2-7-17(18(23)12-13)21-19(24)14-8-10-22(11-9-14)27(25,26)16-5-3-15(20)4-6-16/h2-7,12,14,23H,8-11H2,1H3,(H,21,24). The lowest BCUT2D eigenvalue weighted by atomic mass is 9.97. The molecular weight excluding hydrogens is 388 g/mol. The van der Waals surface area contributed by atoms with E-state index in [4.69, 9.17) is 11.6 Å². The smallest absolute Gasteiger partial charge is 0.243 e. The number of piperidine rings is 1. The average molecular weight is 409 g/mol. The van der Waals surface area contributed by atoms with E-state index in [2.05, 4.69) is 5.32 Å². The number of amides is 1. The molecule has 1 heterocycles. The zero-order valence-corrected chi connectivity index (χ0v) is 16.4. The molecule has 1 aliphatic heterocycles. The van der Waals surface area contributed by atoms with Gasteiger partial charge in [0.05, 0.1) is 10.6 Å². The molecule has 2 aromatic carbocycles. The second-order valence-electron chi connectivity index (χ2n) is 6.64. The van der Waals surface area contributed by atoms with Crippen LogP contribution in [-0.2, 0) is 14.8 Å². The average Bonchev–Trinajstić information content (AvgIpc) is 2.64. The number of carbonyl (C=O) groups is 1. The summed E-state index contributed by atoms with van der Waals surface area (Å²) in [6, 6.07) is 11.1. The number of nitrogens with zero attached hydrogens (tertiary/aromatic N) is 1. The molecule has 2 aromatic rings. The zero-order chi connectivity index (χ0) is 19.6. The number of aryl methyl sites for hydroxylation is 1. The number of nitrogens with one attached hydrogen (secondary N) is 1. The van der Waals surface area contributed by atoms with E-state index in [1.54, 1.807) is 30.3 Å². The summed E-state index contributed by atoms with van der Waals surface area (Å²) < 4.78 is 26.8. The number of rotatable bonds is 4. The Labute approximate surface area is 163 Å². The Morgan fingerprint density at radius 2 is 1.78 bits per heavy atom. The SMILES string of the molecule is Cc1ccc(NC(=O)C2CCN(S(=O)(=O)c3ccc(Cl)cc3)CC2)c(O)c1. The summed E-state index contributed by atoms with van der Waals surface area (Å²) in [6.07, 6.45) is 0.844. The van der Waals surface area contributed by atoms with Crippen LogP contribution in [-0.4, -0.2) is 36.8 Å². The van der Waals surface area contributed by atoms with Crippen molar-refractivity contribution in [3.63, 3.8) is 0 Å². The predicted octanol–water partition coefficient (Wildman–Crippen LogP) is 3.39. The normalized spacial score (nSPS) is 16.2. The van der Waals surface area contributed by atoms with Gasteiger partial charge in [0.2, 0.25) is 15.9 Å². The summed E-state index contributed by atoms with van der Waals surface area (Å²) in [4.78, 5) is 12.7. The van der Waals surface area contributed by atoms with Crippen molar-refractivity contribution in [3.8, 4) is 5.75 Å². The highest BCUT2D eigenvalue weighted by molar-refractivity contribution is 7.89. The molecule has 0 saturated carbocycles. The summed E-state index contributed by atoms with van der Waals surface area (Å²) in [7, 11) is -3.60. The van der Waals surface area contributed by atoms with E-state index in [9.17, 15) is 18.3 Å². The molecule has 27 heavy (non-hydrogen) atoms. The van der Waals surface area contributed by atoms with Crippen LogP contribution in [0.5, 0.6) is 5.75 Å². The molecule has 3 rings (SSSR count). The van der Waals surface area contributed by atoms with Gasteiger partial charge in [-0.2, -0.15) is 4.31 Å². The highest BCUT2D eigenvalue weighted by atomic mass is 35.5. The van der Waals surface area contributed by atoms with Gasteiger partial charge in [-0.25, -0.2) is 8.42 Å². The Hall–Kier alpha value is -2.09. The van der Waals surface area contributed by atoms with Crippen LogP contribution in [0.15, 0.2) is 47.4 Å². The van der Waals surface area contributed by atoms with Gasteiger partial charge in [-0.05, 0) is 61.7 Å². The number of aromatic hydroxyl groups is 1. The lowest BCUT2D eigenvalue weighted by Gasteiger charge is -2.30. The maximum atomic E-state index is 12.7. The molecule has 2 N–H and O–H groups in total. The molecule has 8 heteroatoms. The summed E-state index contributed by atoms with van der Waals surface area (Å²) in [5.74, 6) is -0.494. The Bertz CT molecular complexity index is 937. The third-order valence-corrected chi connectivity index (χ3v) is 6.85. The van der Waals surface area contributed by atoms with Crippen molar-refractivity contribution < 1.29 is 18.3 Å². The molecule has 0 aromatic heterocycles. The van der Waals surface area contributed by atoms with Crippen molar-refractivity contribution in [2.24, 2.45) is 5.92 Å². The molecule has 0 spiro atoms. The van der Waals surface area contributed by atoms with Gasteiger partial charge in [0.15, 0.2) is 0 Å². The van der Waals surface area contributed by atoms with Crippen molar-refractivity contribution in [1.29, 1.82) is 0 Å². The van der Waals surface area contributed by atoms with Crippen LogP contribution < -0.4 is 5.32 Å². The molecule has 0 aliphatic carbocycles. The quantitative estimate of drug-likeness (QED) is 0.759. The minimum Gasteiger partial charge on any atom is -0.506 e. The van der Waals surface area contributed by atoms with Crippen LogP contribution in [0.25, 0.3) is 0 Å². The van der Waals surface area contributed by atoms with E-state index in [1.807, 2.05) is 6.92 Å². The molecule has 1 fully saturated rings. The Kier molecular flexibility index (Phi) is 5.74. The van der Waals surface area contributed by atoms with Crippen LogP contribution in [0.3, 0.4) is 0 Å². The third-order valence-electron chi connectivity index (χ3n) is 4.69. The number of carbonyl (C=O) groups excluding carboxylic acids is 1. The summed E-state index contributed by atoms with van der Waals surface area (Å²) in [5, 5.41) is 13.1. The van der Waals surface area contributed by atoms with E-state index in [0.717, 1.165) is 5.56 Å². The topological polar surface area (TPSA) is 86.7 Å². The summed E-state index contributed by atoms with van der Waals surface area (Å²) >= 11 is 5.82. The van der Waals surface area contributed by atoms with Crippen molar-refractivity contribution >= 4 is 33.2 Å². The first kappa shape index (κ1) is 19.7. The van der Waals surface area contributed by atoms with Crippen LogP contribution in [0, 0.1) is 12.8 Å². The van der Waals surface area contributed by atoms with E-state index >= 15 is 0 Å². The predicted molar refractivity (Wildman–Crippen MR) is 104 cm³/mol. The molecule has 1 amide bonds. The van der Waals surface area contributed by atoms with Crippen molar-refractivity contribution in [2.45, 2.75) is 24.7 Å². The highest BCUT2D eigenvalue weighted by Crippen LogP contribution is 2.28. The van der Waals surface area contributed by atoms with Gasteiger partial charge < -0.3 is 10.4 Å². The van der Waals surface area contributed by atoms with Crippen LogP contribution in [0.4, 0.5) is 5.69 Å². The number of halogens is 1. The zero-order valence-electron chi connectivity index (χ0n) is 14.9. The van der Waals surface area contributed by atoms with Gasteiger partial charge in [-0.1, -0.05) is 17.7 Å². The minimum atomic E-state index is -3.60. The second-order valence-corrected chi connectivity index (χ2v) is 9.02. The Morgan fingerprint density at radius 3 is 2.37 bits per heavy atom. The number of phenols is 1. The van der Waals surface area contributed by atoms with Crippen molar-refractivity contribution in [1.82, 2.24) is 4.31 Å². The number of benzene rings is 2. The van der Waals surface area contributed by atoms with Gasteiger partial charge in [-0.3, -0.25) is 4.79 Å². The number of hydrogen-bond acceptors (Lipinski definition) is 4. The van der Waals surface area contributed by atoms with Crippen LogP contribution in [0.1, 0.15) is 18.4 Å². The molecule has 0 atom stereocenters. The molecule has 0 unspecified atom stereocenters. The fourth-order valence-electron chi connectivity index (χ4n) is 3.10. The maximum absolute atomic E-state index is 12.7. The van der Waals surface area contributed by atoms with Crippen molar-refractivity contribution in [2.75, 3.05) is 18.4 Å². The molecule has 0 bridgehead atoms. The third kappa shape index (κ3) is 4.43. The van der Waals surface area contributed by atoms with E-state index in [-0.39, 0.29) is 35.6 Å². The number of sulfonamides is 1. The first-order valence-corrected chi connectivity index (χ1v) is 10.5.